The normalized spacial score (nSPS) is 12.1. The van der Waals surface area contributed by atoms with E-state index in [-0.39, 0.29) is 5.82 Å². The van der Waals surface area contributed by atoms with E-state index in [4.69, 9.17) is 22.1 Å². The molecular formula is C14H11ClFNO. The van der Waals surface area contributed by atoms with Gasteiger partial charge in [0, 0.05) is 12.1 Å². The fourth-order valence-electron chi connectivity index (χ4n) is 1.92. The van der Waals surface area contributed by atoms with Gasteiger partial charge in [-0.05, 0) is 41.0 Å². The van der Waals surface area contributed by atoms with Crippen molar-refractivity contribution in [2.75, 3.05) is 5.73 Å². The lowest BCUT2D eigenvalue weighted by atomic mass is 10.2. The highest BCUT2D eigenvalue weighted by Crippen LogP contribution is 2.32. The minimum absolute atomic E-state index is 0.144. The molecule has 2 aromatic rings. The summed E-state index contributed by atoms with van der Waals surface area (Å²) in [5.74, 6) is 0.408. The zero-order valence-electron chi connectivity index (χ0n) is 9.54. The van der Waals surface area contributed by atoms with E-state index in [0.29, 0.717) is 23.1 Å². The molecule has 0 amide bonds. The third-order valence-electron chi connectivity index (χ3n) is 2.94. The number of nitrogens with two attached hydrogens (primary N) is 1. The van der Waals surface area contributed by atoms with E-state index in [1.165, 1.54) is 6.07 Å². The predicted molar refractivity (Wildman–Crippen MR) is 69.4 cm³/mol. The van der Waals surface area contributed by atoms with Gasteiger partial charge >= 0.3 is 0 Å². The Balaban J connectivity index is 1.74. The number of halogens is 2. The molecule has 0 atom stereocenters. The van der Waals surface area contributed by atoms with Crippen LogP contribution in [-0.4, -0.2) is 0 Å². The lowest BCUT2D eigenvalue weighted by Crippen LogP contribution is -1.97. The average molecular weight is 264 g/mol. The molecule has 0 aliphatic heterocycles. The number of anilines is 1. The zero-order valence-corrected chi connectivity index (χ0v) is 10.3. The van der Waals surface area contributed by atoms with Gasteiger partial charge in [-0.25, -0.2) is 4.39 Å². The summed E-state index contributed by atoms with van der Waals surface area (Å²) >= 11 is 5.99. The van der Waals surface area contributed by atoms with Gasteiger partial charge < -0.3 is 10.5 Å². The van der Waals surface area contributed by atoms with Gasteiger partial charge in [0.1, 0.15) is 18.2 Å². The summed E-state index contributed by atoms with van der Waals surface area (Å²) < 4.78 is 18.9. The molecule has 92 valence electrons. The van der Waals surface area contributed by atoms with Gasteiger partial charge in [-0.15, -0.1) is 0 Å². The number of fused-ring (bicyclic) bond motifs is 1. The lowest BCUT2D eigenvalue weighted by Gasteiger charge is -2.08. The Morgan fingerprint density at radius 2 is 2.11 bits per heavy atom. The fraction of sp³-hybridized carbons (Fsp3) is 0.143. The van der Waals surface area contributed by atoms with E-state index < -0.39 is 0 Å². The average Bonchev–Trinajstić information content (AvgIpc) is 3.07. The molecule has 4 heteroatoms. The molecule has 3 rings (SSSR count). The second-order valence-electron chi connectivity index (χ2n) is 4.37. The van der Waals surface area contributed by atoms with Crippen LogP contribution in [0.4, 0.5) is 10.1 Å². The maximum Gasteiger partial charge on any atom is 0.138 e. The van der Waals surface area contributed by atoms with Crippen LogP contribution in [0.3, 0.4) is 0 Å². The predicted octanol–water partition coefficient (Wildman–Crippen LogP) is 3.54. The van der Waals surface area contributed by atoms with Crippen molar-refractivity contribution in [3.8, 4) is 5.75 Å². The first kappa shape index (κ1) is 11.4. The monoisotopic (exact) mass is 263 g/mol. The summed E-state index contributed by atoms with van der Waals surface area (Å²) in [4.78, 5) is 0. The molecule has 2 aromatic carbocycles. The number of hydrogen-bond donors (Lipinski definition) is 1. The topological polar surface area (TPSA) is 35.2 Å². The molecule has 0 spiro atoms. The van der Waals surface area contributed by atoms with Crippen molar-refractivity contribution >= 4 is 17.3 Å². The molecule has 1 aliphatic rings. The Kier molecular flexibility index (Phi) is 2.63. The molecule has 0 bridgehead atoms. The Bertz CT molecular complexity index is 627. The summed E-state index contributed by atoms with van der Waals surface area (Å²) in [6.07, 6.45) is 0.758. The molecule has 0 radical (unpaired) electrons. The molecule has 0 aromatic heterocycles. The Morgan fingerprint density at radius 1 is 1.28 bits per heavy atom. The SMILES string of the molecule is Nc1ccc(OCc2cc(F)c3c(c2)C3)c(Cl)c1. The van der Waals surface area contributed by atoms with Crippen LogP contribution in [0, 0.1) is 5.82 Å². The summed E-state index contributed by atoms with van der Waals surface area (Å²) in [6.45, 7) is 0.299. The summed E-state index contributed by atoms with van der Waals surface area (Å²) in [5.41, 5.74) is 8.88. The minimum Gasteiger partial charge on any atom is -0.487 e. The van der Waals surface area contributed by atoms with Crippen molar-refractivity contribution in [1.29, 1.82) is 0 Å². The number of rotatable bonds is 3. The van der Waals surface area contributed by atoms with Crippen LogP contribution in [-0.2, 0) is 13.0 Å². The summed E-state index contributed by atoms with van der Waals surface area (Å²) in [5, 5.41) is 0.460. The van der Waals surface area contributed by atoms with Gasteiger partial charge in [0.05, 0.1) is 5.02 Å². The molecule has 0 fully saturated rings. The molecule has 0 saturated carbocycles. The minimum atomic E-state index is -0.144. The molecule has 0 unspecified atom stereocenters. The van der Waals surface area contributed by atoms with Gasteiger partial charge in [0.15, 0.2) is 0 Å². The van der Waals surface area contributed by atoms with Crippen molar-refractivity contribution in [1.82, 2.24) is 0 Å². The van der Waals surface area contributed by atoms with E-state index in [1.807, 2.05) is 6.07 Å². The van der Waals surface area contributed by atoms with Crippen molar-refractivity contribution in [2.24, 2.45) is 0 Å². The standard InChI is InChI=1S/C14H11ClFNO/c15-12-6-10(17)1-2-14(12)18-7-8-3-9-5-11(9)13(16)4-8/h1-4,6H,5,7,17H2. The third kappa shape index (κ3) is 2.14. The lowest BCUT2D eigenvalue weighted by molar-refractivity contribution is 0.306. The molecule has 1 aliphatic carbocycles. The Labute approximate surface area is 109 Å². The van der Waals surface area contributed by atoms with Crippen LogP contribution in [0.2, 0.25) is 5.02 Å². The molecule has 2 N–H and O–H groups in total. The quantitative estimate of drug-likeness (QED) is 0.734. The number of benzene rings is 2. The summed E-state index contributed by atoms with van der Waals surface area (Å²) in [6, 6.07) is 8.53. The number of nitrogen functional groups attached to an aromatic ring is 1. The maximum atomic E-state index is 13.4. The molecular weight excluding hydrogens is 253 g/mol. The van der Waals surface area contributed by atoms with Crippen molar-refractivity contribution in [3.63, 3.8) is 0 Å². The third-order valence-corrected chi connectivity index (χ3v) is 3.24. The Hall–Kier alpha value is -1.74. The van der Waals surface area contributed by atoms with Gasteiger partial charge in [-0.2, -0.15) is 0 Å². The smallest absolute Gasteiger partial charge is 0.138 e. The van der Waals surface area contributed by atoms with E-state index in [1.54, 1.807) is 18.2 Å². The van der Waals surface area contributed by atoms with Crippen molar-refractivity contribution in [3.05, 3.63) is 57.9 Å². The second kappa shape index (κ2) is 4.18. The highest BCUT2D eigenvalue weighted by atomic mass is 35.5. The fourth-order valence-corrected chi connectivity index (χ4v) is 2.16. The first-order valence-corrected chi connectivity index (χ1v) is 5.99. The van der Waals surface area contributed by atoms with Crippen molar-refractivity contribution < 1.29 is 9.13 Å². The first-order valence-electron chi connectivity index (χ1n) is 5.61. The van der Waals surface area contributed by atoms with Gasteiger partial charge in [-0.1, -0.05) is 17.7 Å². The largest absolute Gasteiger partial charge is 0.487 e. The van der Waals surface area contributed by atoms with E-state index >= 15 is 0 Å². The highest BCUT2D eigenvalue weighted by Gasteiger charge is 2.22. The second-order valence-corrected chi connectivity index (χ2v) is 4.78. The van der Waals surface area contributed by atoms with Crippen LogP contribution in [0.5, 0.6) is 5.75 Å². The number of ether oxygens (including phenoxy) is 1. The van der Waals surface area contributed by atoms with E-state index in [9.17, 15) is 4.39 Å². The van der Waals surface area contributed by atoms with Crippen LogP contribution in [0.25, 0.3) is 0 Å². The molecule has 0 saturated heterocycles. The molecule has 2 nitrogen and oxygen atoms in total. The summed E-state index contributed by atoms with van der Waals surface area (Å²) in [7, 11) is 0. The molecule has 0 heterocycles. The van der Waals surface area contributed by atoms with Gasteiger partial charge in [-0.3, -0.25) is 0 Å². The van der Waals surface area contributed by atoms with E-state index in [0.717, 1.165) is 23.1 Å². The Morgan fingerprint density at radius 3 is 2.83 bits per heavy atom. The van der Waals surface area contributed by atoms with Gasteiger partial charge in [0.25, 0.3) is 0 Å². The first-order chi connectivity index (χ1) is 8.63. The van der Waals surface area contributed by atoms with Crippen LogP contribution < -0.4 is 10.5 Å². The van der Waals surface area contributed by atoms with Gasteiger partial charge in [0.2, 0.25) is 0 Å². The van der Waals surface area contributed by atoms with Crippen molar-refractivity contribution in [2.45, 2.75) is 13.0 Å². The van der Waals surface area contributed by atoms with Crippen LogP contribution >= 0.6 is 11.6 Å². The van der Waals surface area contributed by atoms with E-state index in [2.05, 4.69) is 0 Å². The highest BCUT2D eigenvalue weighted by molar-refractivity contribution is 6.32. The zero-order chi connectivity index (χ0) is 12.7. The van der Waals surface area contributed by atoms with Crippen LogP contribution in [0.1, 0.15) is 16.7 Å². The van der Waals surface area contributed by atoms with Crippen LogP contribution in [0.15, 0.2) is 30.3 Å². The number of hydrogen-bond acceptors (Lipinski definition) is 2. The maximum absolute atomic E-state index is 13.4. The molecule has 18 heavy (non-hydrogen) atoms.